The molecule has 8 heteroatoms. The van der Waals surface area contributed by atoms with E-state index in [1.165, 1.54) is 29.2 Å². The first-order valence-electron chi connectivity index (χ1n) is 9.08. The summed E-state index contributed by atoms with van der Waals surface area (Å²) in [4.78, 5) is 25.5. The molecule has 4 rings (SSSR count). The summed E-state index contributed by atoms with van der Waals surface area (Å²) in [6.07, 6.45) is 3.54. The number of carbonyl (C=O) groups excluding carboxylic acids is 1. The number of carboxylic acid groups (broad SMARTS) is 1. The van der Waals surface area contributed by atoms with Gasteiger partial charge in [-0.3, -0.25) is 9.59 Å². The first-order chi connectivity index (χ1) is 13.8. The lowest BCUT2D eigenvalue weighted by molar-refractivity contribution is -0.141. The molecule has 0 spiro atoms. The van der Waals surface area contributed by atoms with Crippen LogP contribution in [0.15, 0.2) is 34.6 Å². The van der Waals surface area contributed by atoms with E-state index in [4.69, 9.17) is 12.2 Å². The van der Waals surface area contributed by atoms with Gasteiger partial charge in [0.2, 0.25) is 0 Å². The number of ketones is 1. The molecule has 1 saturated carbocycles. The highest BCUT2D eigenvalue weighted by Crippen LogP contribution is 2.46. The molecule has 1 aliphatic heterocycles. The highest BCUT2D eigenvalue weighted by molar-refractivity contribution is 8.27. The van der Waals surface area contributed by atoms with E-state index in [0.29, 0.717) is 33.9 Å². The first-order valence-corrected chi connectivity index (χ1v) is 11.2. The van der Waals surface area contributed by atoms with Crippen molar-refractivity contribution < 1.29 is 23.5 Å². The van der Waals surface area contributed by atoms with Gasteiger partial charge in [-0.1, -0.05) is 30.0 Å². The van der Waals surface area contributed by atoms with Crippen molar-refractivity contribution in [2.75, 3.05) is 0 Å². The van der Waals surface area contributed by atoms with Crippen LogP contribution in [0.1, 0.15) is 24.1 Å². The number of thiocarbonyl (C=S) groups is 1. The van der Waals surface area contributed by atoms with Crippen LogP contribution in [0.25, 0.3) is 17.2 Å². The number of hydrogen-bond donors (Lipinski definition) is 1. The Morgan fingerprint density at radius 2 is 1.97 bits per heavy atom. The van der Waals surface area contributed by atoms with Gasteiger partial charge in [0.25, 0.3) is 0 Å². The molecule has 1 unspecified atom stereocenters. The normalized spacial score (nSPS) is 25.9. The Kier molecular flexibility index (Phi) is 5.68. The zero-order valence-electron chi connectivity index (χ0n) is 15.1. The molecule has 1 N–H and O–H groups in total. The van der Waals surface area contributed by atoms with E-state index in [2.05, 4.69) is 0 Å². The molecule has 3 atom stereocenters. The summed E-state index contributed by atoms with van der Waals surface area (Å²) in [5, 5.41) is 11.0. The Bertz CT molecular complexity index is 1040. The van der Waals surface area contributed by atoms with Crippen molar-refractivity contribution in [2.45, 2.75) is 19.3 Å². The number of carbonyl (C=O) groups is 2. The molecule has 1 aromatic carbocycles. The predicted octanol–water partition coefficient (Wildman–Crippen LogP) is 5.79. The van der Waals surface area contributed by atoms with Crippen molar-refractivity contribution in [3.63, 3.8) is 0 Å². The van der Waals surface area contributed by atoms with Gasteiger partial charge >= 0.3 is 5.97 Å². The van der Waals surface area contributed by atoms with Gasteiger partial charge in [-0.15, -0.1) is 11.3 Å². The SMILES string of the molecule is O=C1/C(=C/c2cc(-c3ccc(F)c(F)c3)cs2)SC(=S)C1[C@@H]1CC[C@H](C(=O)O)C1. The fourth-order valence-electron chi connectivity index (χ4n) is 3.92. The van der Waals surface area contributed by atoms with E-state index < -0.39 is 29.4 Å². The third-order valence-electron chi connectivity index (χ3n) is 5.43. The smallest absolute Gasteiger partial charge is 0.306 e. The van der Waals surface area contributed by atoms with Gasteiger partial charge < -0.3 is 5.11 Å². The maximum Gasteiger partial charge on any atom is 0.306 e. The lowest BCUT2D eigenvalue weighted by Crippen LogP contribution is -2.23. The number of halogens is 2. The van der Waals surface area contributed by atoms with Gasteiger partial charge in [-0.25, -0.2) is 8.78 Å². The molecule has 2 fully saturated rings. The second-order valence-corrected chi connectivity index (χ2v) is 9.97. The number of aliphatic carboxylic acids is 1. The molecular formula is C21H16F2O3S3. The predicted molar refractivity (Wildman–Crippen MR) is 115 cm³/mol. The van der Waals surface area contributed by atoms with Crippen molar-refractivity contribution in [3.05, 3.63) is 51.1 Å². The monoisotopic (exact) mass is 450 g/mol. The summed E-state index contributed by atoms with van der Waals surface area (Å²) < 4.78 is 27.2. The second-order valence-electron chi connectivity index (χ2n) is 7.25. The average molecular weight is 451 g/mol. The minimum absolute atomic E-state index is 0.0180. The molecular weight excluding hydrogens is 434 g/mol. The molecule has 0 amide bonds. The van der Waals surface area contributed by atoms with E-state index in [9.17, 15) is 23.5 Å². The molecule has 1 aromatic heterocycles. The van der Waals surface area contributed by atoms with Crippen LogP contribution in [0.2, 0.25) is 0 Å². The van der Waals surface area contributed by atoms with Crippen LogP contribution >= 0.6 is 35.3 Å². The van der Waals surface area contributed by atoms with Crippen LogP contribution in [-0.2, 0) is 9.59 Å². The van der Waals surface area contributed by atoms with Crippen molar-refractivity contribution in [2.24, 2.45) is 17.8 Å². The number of thioether (sulfide) groups is 1. The van der Waals surface area contributed by atoms with Crippen LogP contribution in [0.4, 0.5) is 8.78 Å². The van der Waals surface area contributed by atoms with E-state index in [-0.39, 0.29) is 11.7 Å². The van der Waals surface area contributed by atoms with Crippen LogP contribution in [-0.4, -0.2) is 21.1 Å². The largest absolute Gasteiger partial charge is 0.481 e. The van der Waals surface area contributed by atoms with Crippen LogP contribution in [0.3, 0.4) is 0 Å². The summed E-state index contributed by atoms with van der Waals surface area (Å²) in [7, 11) is 0. The van der Waals surface area contributed by atoms with E-state index in [0.717, 1.165) is 22.6 Å². The minimum atomic E-state index is -0.903. The number of rotatable bonds is 4. The molecule has 29 heavy (non-hydrogen) atoms. The van der Waals surface area contributed by atoms with Gasteiger partial charge in [0, 0.05) is 4.88 Å². The maximum absolute atomic E-state index is 13.5. The Labute approximate surface area is 179 Å². The zero-order chi connectivity index (χ0) is 20.7. The Hall–Kier alpha value is -1.90. The minimum Gasteiger partial charge on any atom is -0.481 e. The van der Waals surface area contributed by atoms with E-state index in [1.807, 2.05) is 11.4 Å². The highest BCUT2D eigenvalue weighted by atomic mass is 32.2. The van der Waals surface area contributed by atoms with E-state index in [1.54, 1.807) is 6.08 Å². The van der Waals surface area contributed by atoms with Gasteiger partial charge in [-0.05, 0) is 66.0 Å². The number of allylic oxidation sites excluding steroid dienone is 1. The van der Waals surface area contributed by atoms with Gasteiger partial charge in [0.15, 0.2) is 17.4 Å². The summed E-state index contributed by atoms with van der Waals surface area (Å²) in [5.41, 5.74) is 1.31. The molecule has 2 heterocycles. The Balaban J connectivity index is 1.53. The standard InChI is InChI=1S/C21H16F2O3S3/c22-15-4-3-10(7-16(15)23)13-6-14(28-9-13)8-17-19(24)18(21(27)29-17)11-1-2-12(5-11)20(25)26/h3-4,6-9,11-12,18H,1-2,5H2,(H,25,26)/b17-8-/t11-,12+,18?/m1/s1. The number of benzene rings is 1. The average Bonchev–Trinajstić information content (AvgIpc) is 3.38. The number of hydrogen-bond acceptors (Lipinski definition) is 5. The van der Waals surface area contributed by atoms with Crippen molar-refractivity contribution in [3.8, 4) is 11.1 Å². The quantitative estimate of drug-likeness (QED) is 0.472. The lowest BCUT2D eigenvalue weighted by Gasteiger charge is -2.15. The summed E-state index contributed by atoms with van der Waals surface area (Å²) in [6.45, 7) is 0. The van der Waals surface area contributed by atoms with Crippen molar-refractivity contribution in [1.82, 2.24) is 0 Å². The molecule has 0 radical (unpaired) electrons. The topological polar surface area (TPSA) is 54.4 Å². The van der Waals surface area contributed by atoms with E-state index >= 15 is 0 Å². The summed E-state index contributed by atoms with van der Waals surface area (Å²) in [6, 6.07) is 5.57. The molecule has 2 aliphatic rings. The highest BCUT2D eigenvalue weighted by Gasteiger charge is 2.44. The second kappa shape index (κ2) is 8.08. The summed E-state index contributed by atoms with van der Waals surface area (Å²) >= 11 is 8.12. The number of thiophene rings is 1. The van der Waals surface area contributed by atoms with Gasteiger partial charge in [0.05, 0.1) is 20.9 Å². The molecule has 0 bridgehead atoms. The molecule has 1 aliphatic carbocycles. The van der Waals surface area contributed by atoms with Crippen molar-refractivity contribution in [1.29, 1.82) is 0 Å². The fourth-order valence-corrected chi connectivity index (χ4v) is 6.47. The van der Waals surface area contributed by atoms with Crippen molar-refractivity contribution >= 4 is 57.3 Å². The third kappa shape index (κ3) is 4.06. The molecule has 2 aromatic rings. The molecule has 3 nitrogen and oxygen atoms in total. The summed E-state index contributed by atoms with van der Waals surface area (Å²) in [5.74, 6) is -3.47. The first kappa shape index (κ1) is 20.4. The van der Waals surface area contributed by atoms with Crippen LogP contribution < -0.4 is 0 Å². The zero-order valence-corrected chi connectivity index (χ0v) is 17.5. The Morgan fingerprint density at radius 1 is 1.17 bits per heavy atom. The molecule has 150 valence electrons. The van der Waals surface area contributed by atoms with Gasteiger partial charge in [0.1, 0.15) is 0 Å². The Morgan fingerprint density at radius 3 is 2.66 bits per heavy atom. The molecule has 1 saturated heterocycles. The maximum atomic E-state index is 13.5. The fraction of sp³-hybridized carbons (Fsp3) is 0.286. The lowest BCUT2D eigenvalue weighted by atomic mass is 9.88. The van der Waals surface area contributed by atoms with Crippen LogP contribution in [0.5, 0.6) is 0 Å². The van der Waals surface area contributed by atoms with Crippen LogP contribution in [0, 0.1) is 29.4 Å². The number of carboxylic acids is 1. The third-order valence-corrected chi connectivity index (χ3v) is 7.81. The number of Topliss-reactive ketones (excluding diaryl/α,β-unsaturated/α-hetero) is 1. The van der Waals surface area contributed by atoms with Gasteiger partial charge in [-0.2, -0.15) is 0 Å².